The van der Waals surface area contributed by atoms with Crippen molar-refractivity contribution in [2.24, 2.45) is 0 Å². The van der Waals surface area contributed by atoms with Crippen LogP contribution < -0.4 is 14.4 Å². The number of hydrogen-bond acceptors (Lipinski definition) is 4. The van der Waals surface area contributed by atoms with Crippen LogP contribution in [-0.2, 0) is 14.8 Å². The average Bonchev–Trinajstić information content (AvgIpc) is 2.64. The molecule has 1 heterocycles. The summed E-state index contributed by atoms with van der Waals surface area (Å²) in [7, 11) is -3.52. The zero-order chi connectivity index (χ0) is 18.9. The van der Waals surface area contributed by atoms with E-state index in [1.165, 1.54) is 4.31 Å². The molecule has 1 atom stereocenters. The van der Waals surface area contributed by atoms with Crippen LogP contribution in [0.25, 0.3) is 0 Å². The Morgan fingerprint density at radius 3 is 2.65 bits per heavy atom. The smallest absolute Gasteiger partial charge is 0.267 e. The molecule has 138 valence electrons. The molecule has 0 aromatic heterocycles. The standard InChI is InChI=1S/C19H22N2O4S/c1-4-26(23,24)21-12-18(25-17-11-6-5-10-16(17)21)19(22)20-15-9-7-8-13(2)14(15)3/h5-11,18H,4,12H2,1-3H3,(H,20,22)/t18-/m1/s1. The highest BCUT2D eigenvalue weighted by atomic mass is 32.2. The van der Waals surface area contributed by atoms with E-state index in [-0.39, 0.29) is 18.2 Å². The second-order valence-corrected chi connectivity index (χ2v) is 8.42. The number of hydrogen-bond donors (Lipinski definition) is 1. The molecule has 0 saturated carbocycles. The fraction of sp³-hybridized carbons (Fsp3) is 0.316. The Balaban J connectivity index is 1.90. The summed E-state index contributed by atoms with van der Waals surface area (Å²) in [5.74, 6) is -0.0338. The van der Waals surface area contributed by atoms with Gasteiger partial charge in [0.25, 0.3) is 5.91 Å². The lowest BCUT2D eigenvalue weighted by Gasteiger charge is -2.34. The van der Waals surface area contributed by atoms with Crippen molar-refractivity contribution in [2.75, 3.05) is 21.9 Å². The fourth-order valence-electron chi connectivity index (χ4n) is 2.86. The molecular formula is C19H22N2O4S. The highest BCUT2D eigenvalue weighted by Crippen LogP contribution is 2.35. The summed E-state index contributed by atoms with van der Waals surface area (Å²) in [6, 6.07) is 12.5. The molecule has 0 unspecified atom stereocenters. The molecule has 2 aromatic rings. The molecular weight excluding hydrogens is 352 g/mol. The van der Waals surface area contributed by atoms with Crippen LogP contribution in [0.3, 0.4) is 0 Å². The maximum atomic E-state index is 12.7. The van der Waals surface area contributed by atoms with E-state index in [1.807, 2.05) is 32.0 Å². The lowest BCUT2D eigenvalue weighted by atomic mass is 10.1. The molecule has 0 fully saturated rings. The highest BCUT2D eigenvalue weighted by Gasteiger charge is 2.36. The number of benzene rings is 2. The largest absolute Gasteiger partial charge is 0.476 e. The van der Waals surface area contributed by atoms with Gasteiger partial charge in [-0.05, 0) is 50.1 Å². The van der Waals surface area contributed by atoms with Crippen LogP contribution in [0.4, 0.5) is 11.4 Å². The van der Waals surface area contributed by atoms with E-state index in [2.05, 4.69) is 5.32 Å². The minimum absolute atomic E-state index is 0.0489. The molecule has 0 saturated heterocycles. The molecule has 26 heavy (non-hydrogen) atoms. The van der Waals surface area contributed by atoms with Crippen molar-refractivity contribution >= 4 is 27.3 Å². The van der Waals surface area contributed by atoms with E-state index in [1.54, 1.807) is 31.2 Å². The van der Waals surface area contributed by atoms with Gasteiger partial charge in [0, 0.05) is 5.69 Å². The van der Waals surface area contributed by atoms with Gasteiger partial charge in [0.05, 0.1) is 18.0 Å². The van der Waals surface area contributed by atoms with Crippen molar-refractivity contribution in [1.29, 1.82) is 0 Å². The van der Waals surface area contributed by atoms with Gasteiger partial charge >= 0.3 is 0 Å². The first kappa shape index (κ1) is 18.3. The molecule has 3 rings (SSSR count). The van der Waals surface area contributed by atoms with Crippen LogP contribution in [-0.4, -0.2) is 32.7 Å². The first-order valence-electron chi connectivity index (χ1n) is 8.46. The summed E-state index contributed by atoms with van der Waals surface area (Å²) in [5, 5.41) is 2.86. The van der Waals surface area contributed by atoms with E-state index in [0.29, 0.717) is 17.1 Å². The molecule has 1 aliphatic heterocycles. The number of para-hydroxylation sites is 2. The van der Waals surface area contributed by atoms with Crippen molar-refractivity contribution in [3.8, 4) is 5.75 Å². The predicted octanol–water partition coefficient (Wildman–Crippen LogP) is 2.86. The Morgan fingerprint density at radius 1 is 1.19 bits per heavy atom. The third-order valence-corrected chi connectivity index (χ3v) is 6.34. The van der Waals surface area contributed by atoms with Crippen LogP contribution in [0.15, 0.2) is 42.5 Å². The quantitative estimate of drug-likeness (QED) is 0.893. The summed E-state index contributed by atoms with van der Waals surface area (Å²) in [6.45, 7) is 5.42. The summed E-state index contributed by atoms with van der Waals surface area (Å²) in [6.07, 6.45) is -0.925. The van der Waals surface area contributed by atoms with Crippen LogP contribution >= 0.6 is 0 Å². The van der Waals surface area contributed by atoms with Crippen molar-refractivity contribution < 1.29 is 17.9 Å². The van der Waals surface area contributed by atoms with E-state index in [0.717, 1.165) is 11.1 Å². The lowest BCUT2D eigenvalue weighted by Crippen LogP contribution is -2.49. The Morgan fingerprint density at radius 2 is 1.92 bits per heavy atom. The number of carbonyl (C=O) groups is 1. The SMILES string of the molecule is CCS(=O)(=O)N1C[C@H](C(=O)Nc2cccc(C)c2C)Oc2ccccc21. The Bertz CT molecular complexity index is 940. The van der Waals surface area contributed by atoms with E-state index < -0.39 is 16.1 Å². The van der Waals surface area contributed by atoms with Gasteiger partial charge in [0.2, 0.25) is 10.0 Å². The highest BCUT2D eigenvalue weighted by molar-refractivity contribution is 7.92. The second kappa shape index (κ2) is 6.99. The summed E-state index contributed by atoms with van der Waals surface area (Å²) < 4.78 is 32.0. The van der Waals surface area contributed by atoms with Gasteiger partial charge in [-0.15, -0.1) is 0 Å². The van der Waals surface area contributed by atoms with Gasteiger partial charge < -0.3 is 10.1 Å². The number of fused-ring (bicyclic) bond motifs is 1. The summed E-state index contributed by atoms with van der Waals surface area (Å²) in [5.41, 5.74) is 3.19. The summed E-state index contributed by atoms with van der Waals surface area (Å²) in [4.78, 5) is 12.7. The molecule has 0 aliphatic carbocycles. The van der Waals surface area contributed by atoms with Crippen LogP contribution in [0.5, 0.6) is 5.75 Å². The molecule has 6 nitrogen and oxygen atoms in total. The third-order valence-electron chi connectivity index (χ3n) is 4.59. The Kier molecular flexibility index (Phi) is 4.91. The second-order valence-electron chi connectivity index (χ2n) is 6.24. The third kappa shape index (κ3) is 3.39. The topological polar surface area (TPSA) is 75.7 Å². The number of sulfonamides is 1. The van der Waals surface area contributed by atoms with Gasteiger partial charge in [-0.25, -0.2) is 8.42 Å². The maximum absolute atomic E-state index is 12.7. The molecule has 0 radical (unpaired) electrons. The Labute approximate surface area is 153 Å². The number of anilines is 2. The van der Waals surface area contributed by atoms with Crippen molar-refractivity contribution in [2.45, 2.75) is 26.9 Å². The predicted molar refractivity (Wildman–Crippen MR) is 102 cm³/mol. The first-order valence-corrected chi connectivity index (χ1v) is 10.1. The Hall–Kier alpha value is -2.54. The first-order chi connectivity index (χ1) is 12.3. The average molecular weight is 374 g/mol. The van der Waals surface area contributed by atoms with Crippen molar-refractivity contribution in [3.05, 3.63) is 53.6 Å². The normalized spacial score (nSPS) is 16.6. The molecule has 0 spiro atoms. The minimum atomic E-state index is -3.52. The van der Waals surface area contributed by atoms with Gasteiger partial charge in [-0.2, -0.15) is 0 Å². The van der Waals surface area contributed by atoms with Gasteiger partial charge in [-0.3, -0.25) is 9.10 Å². The number of ether oxygens (including phenoxy) is 1. The zero-order valence-electron chi connectivity index (χ0n) is 15.0. The van der Waals surface area contributed by atoms with E-state index in [4.69, 9.17) is 4.74 Å². The number of carbonyl (C=O) groups excluding carboxylic acids is 1. The molecule has 1 aliphatic rings. The van der Waals surface area contributed by atoms with E-state index >= 15 is 0 Å². The number of nitrogens with one attached hydrogen (secondary N) is 1. The zero-order valence-corrected chi connectivity index (χ0v) is 15.8. The van der Waals surface area contributed by atoms with Crippen molar-refractivity contribution in [3.63, 3.8) is 0 Å². The van der Waals surface area contributed by atoms with Gasteiger partial charge in [0.15, 0.2) is 6.10 Å². The molecule has 7 heteroatoms. The van der Waals surface area contributed by atoms with Crippen LogP contribution in [0.1, 0.15) is 18.1 Å². The maximum Gasteiger partial charge on any atom is 0.267 e. The van der Waals surface area contributed by atoms with Crippen LogP contribution in [0.2, 0.25) is 0 Å². The number of rotatable bonds is 4. The van der Waals surface area contributed by atoms with E-state index in [9.17, 15) is 13.2 Å². The molecule has 0 bridgehead atoms. The van der Waals surface area contributed by atoms with Crippen LogP contribution in [0, 0.1) is 13.8 Å². The van der Waals surface area contributed by atoms with Gasteiger partial charge in [-0.1, -0.05) is 24.3 Å². The fourth-order valence-corrected chi connectivity index (χ4v) is 3.98. The summed E-state index contributed by atoms with van der Waals surface area (Å²) >= 11 is 0. The molecule has 2 aromatic carbocycles. The van der Waals surface area contributed by atoms with Gasteiger partial charge in [0.1, 0.15) is 5.75 Å². The number of aryl methyl sites for hydroxylation is 1. The molecule has 1 N–H and O–H groups in total. The number of nitrogens with zero attached hydrogens (tertiary/aromatic N) is 1. The van der Waals surface area contributed by atoms with Crippen molar-refractivity contribution in [1.82, 2.24) is 0 Å². The monoisotopic (exact) mass is 374 g/mol. The lowest BCUT2D eigenvalue weighted by molar-refractivity contribution is -0.122. The minimum Gasteiger partial charge on any atom is -0.476 e. The number of amides is 1. The molecule has 1 amide bonds.